The van der Waals surface area contributed by atoms with Gasteiger partial charge in [-0.1, -0.05) is 41.4 Å². The molecule has 3 rings (SSSR count). The van der Waals surface area contributed by atoms with Crippen molar-refractivity contribution in [2.75, 3.05) is 18.4 Å². The second kappa shape index (κ2) is 8.02. The van der Waals surface area contributed by atoms with Crippen molar-refractivity contribution in [2.45, 2.75) is 19.4 Å². The van der Waals surface area contributed by atoms with Crippen molar-refractivity contribution < 1.29 is 4.79 Å². The van der Waals surface area contributed by atoms with Crippen molar-refractivity contribution in [3.8, 4) is 0 Å². The number of benzene rings is 2. The van der Waals surface area contributed by atoms with E-state index in [1.54, 1.807) is 12.1 Å². The zero-order chi connectivity index (χ0) is 16.9. The standard InChI is InChI=1S/C19H20Cl2N2O/c20-16-8-6-14(7-9-16)12-23-10-2-3-15(13-23)19(24)22-18-5-1-4-17(21)11-18/h1,4-9,11,15H,2-3,10,12-13H2,(H,22,24)/t15-/m1/s1. The third-order valence-corrected chi connectivity index (χ3v) is 4.77. The average molecular weight is 363 g/mol. The first-order chi connectivity index (χ1) is 11.6. The molecule has 24 heavy (non-hydrogen) atoms. The van der Waals surface area contributed by atoms with Crippen LogP contribution >= 0.6 is 23.2 Å². The molecular weight excluding hydrogens is 343 g/mol. The number of rotatable bonds is 4. The maximum absolute atomic E-state index is 12.5. The summed E-state index contributed by atoms with van der Waals surface area (Å²) in [5, 5.41) is 4.35. The molecule has 1 amide bonds. The van der Waals surface area contributed by atoms with Gasteiger partial charge in [0.25, 0.3) is 0 Å². The largest absolute Gasteiger partial charge is 0.326 e. The van der Waals surface area contributed by atoms with Crippen LogP contribution in [0.25, 0.3) is 0 Å². The van der Waals surface area contributed by atoms with Crippen molar-refractivity contribution in [2.24, 2.45) is 5.92 Å². The van der Waals surface area contributed by atoms with Gasteiger partial charge in [-0.05, 0) is 55.3 Å². The van der Waals surface area contributed by atoms with Crippen molar-refractivity contribution in [1.82, 2.24) is 4.90 Å². The van der Waals surface area contributed by atoms with Crippen molar-refractivity contribution in [3.63, 3.8) is 0 Å². The zero-order valence-electron chi connectivity index (χ0n) is 13.3. The molecule has 3 nitrogen and oxygen atoms in total. The highest BCUT2D eigenvalue weighted by atomic mass is 35.5. The Hall–Kier alpha value is -1.55. The molecule has 1 aliphatic heterocycles. The van der Waals surface area contributed by atoms with Crippen LogP contribution in [0.2, 0.25) is 10.0 Å². The van der Waals surface area contributed by atoms with Gasteiger partial charge in [-0.3, -0.25) is 9.69 Å². The Morgan fingerprint density at radius 2 is 1.92 bits per heavy atom. The Balaban J connectivity index is 1.58. The Morgan fingerprint density at radius 1 is 1.12 bits per heavy atom. The lowest BCUT2D eigenvalue weighted by Crippen LogP contribution is -2.40. The summed E-state index contributed by atoms with van der Waals surface area (Å²) in [6.07, 6.45) is 1.95. The van der Waals surface area contributed by atoms with E-state index in [9.17, 15) is 4.79 Å². The number of hydrogen-bond acceptors (Lipinski definition) is 2. The number of carbonyl (C=O) groups excluding carboxylic acids is 1. The first-order valence-electron chi connectivity index (χ1n) is 8.13. The second-order valence-electron chi connectivity index (χ2n) is 6.20. The molecular formula is C19H20Cl2N2O. The number of nitrogens with zero attached hydrogens (tertiary/aromatic N) is 1. The van der Waals surface area contributed by atoms with E-state index < -0.39 is 0 Å². The summed E-state index contributed by atoms with van der Waals surface area (Å²) in [5.41, 5.74) is 1.97. The van der Waals surface area contributed by atoms with Gasteiger partial charge in [-0.25, -0.2) is 0 Å². The number of nitrogens with one attached hydrogen (secondary N) is 1. The van der Waals surface area contributed by atoms with E-state index in [4.69, 9.17) is 23.2 Å². The highest BCUT2D eigenvalue weighted by molar-refractivity contribution is 6.31. The summed E-state index contributed by atoms with van der Waals surface area (Å²) in [6, 6.07) is 15.2. The second-order valence-corrected chi connectivity index (χ2v) is 7.07. The molecule has 1 heterocycles. The predicted octanol–water partition coefficient (Wildman–Crippen LogP) is 4.84. The minimum Gasteiger partial charge on any atom is -0.326 e. The third-order valence-electron chi connectivity index (χ3n) is 4.29. The maximum atomic E-state index is 12.5. The van der Waals surface area contributed by atoms with Crippen LogP contribution in [0.4, 0.5) is 5.69 Å². The maximum Gasteiger partial charge on any atom is 0.228 e. The molecule has 0 spiro atoms. The molecule has 2 aromatic carbocycles. The first kappa shape index (κ1) is 17.3. The van der Waals surface area contributed by atoms with Crippen molar-refractivity contribution >= 4 is 34.8 Å². The molecule has 0 bridgehead atoms. The van der Waals surface area contributed by atoms with Gasteiger partial charge in [0.15, 0.2) is 0 Å². The summed E-state index contributed by atoms with van der Waals surface area (Å²) in [7, 11) is 0. The van der Waals surface area contributed by atoms with Crippen LogP contribution in [-0.2, 0) is 11.3 Å². The molecule has 0 aromatic heterocycles. The fraction of sp³-hybridized carbons (Fsp3) is 0.316. The van der Waals surface area contributed by atoms with Crippen LogP contribution in [0.5, 0.6) is 0 Å². The lowest BCUT2D eigenvalue weighted by molar-refractivity contribution is -0.121. The van der Waals surface area contributed by atoms with Crippen LogP contribution in [0.15, 0.2) is 48.5 Å². The van der Waals surface area contributed by atoms with Crippen molar-refractivity contribution in [3.05, 3.63) is 64.1 Å². The predicted molar refractivity (Wildman–Crippen MR) is 99.5 cm³/mol. The van der Waals surface area contributed by atoms with Gasteiger partial charge >= 0.3 is 0 Å². The SMILES string of the molecule is O=C(Nc1cccc(Cl)c1)[C@@H]1CCCN(Cc2ccc(Cl)cc2)C1. The van der Waals surface area contributed by atoms with E-state index in [1.165, 1.54) is 5.56 Å². The minimum absolute atomic E-state index is 0.00466. The number of piperidine rings is 1. The molecule has 1 saturated heterocycles. The number of carbonyl (C=O) groups is 1. The van der Waals surface area contributed by atoms with Crippen LogP contribution in [0.1, 0.15) is 18.4 Å². The van der Waals surface area contributed by atoms with E-state index in [0.717, 1.165) is 43.2 Å². The lowest BCUT2D eigenvalue weighted by atomic mass is 9.96. The van der Waals surface area contributed by atoms with Gasteiger partial charge in [-0.2, -0.15) is 0 Å². The Labute approximate surface area is 152 Å². The number of anilines is 1. The van der Waals surface area contributed by atoms with E-state index in [1.807, 2.05) is 36.4 Å². The van der Waals surface area contributed by atoms with Crippen LogP contribution in [0, 0.1) is 5.92 Å². The molecule has 1 N–H and O–H groups in total. The van der Waals surface area contributed by atoms with Crippen LogP contribution in [-0.4, -0.2) is 23.9 Å². The fourth-order valence-electron chi connectivity index (χ4n) is 3.07. The van der Waals surface area contributed by atoms with Crippen LogP contribution < -0.4 is 5.32 Å². The van der Waals surface area contributed by atoms with Gasteiger partial charge in [0.05, 0.1) is 5.92 Å². The number of amides is 1. The molecule has 1 fully saturated rings. The molecule has 1 aliphatic rings. The van der Waals surface area contributed by atoms with Gasteiger partial charge in [-0.15, -0.1) is 0 Å². The van der Waals surface area contributed by atoms with E-state index in [2.05, 4.69) is 10.2 Å². The smallest absolute Gasteiger partial charge is 0.228 e. The molecule has 0 unspecified atom stereocenters. The fourth-order valence-corrected chi connectivity index (χ4v) is 3.39. The molecule has 2 aromatic rings. The number of halogens is 2. The van der Waals surface area contributed by atoms with Gasteiger partial charge in [0, 0.05) is 28.8 Å². The van der Waals surface area contributed by atoms with Gasteiger partial charge in [0.1, 0.15) is 0 Å². The monoisotopic (exact) mass is 362 g/mol. The summed E-state index contributed by atoms with van der Waals surface area (Å²) in [5.74, 6) is 0.0723. The molecule has 1 atom stereocenters. The summed E-state index contributed by atoms with van der Waals surface area (Å²) < 4.78 is 0. The molecule has 5 heteroatoms. The summed E-state index contributed by atoms with van der Waals surface area (Å²) in [4.78, 5) is 14.9. The Morgan fingerprint density at radius 3 is 2.67 bits per heavy atom. The lowest BCUT2D eigenvalue weighted by Gasteiger charge is -2.32. The highest BCUT2D eigenvalue weighted by Crippen LogP contribution is 2.22. The van der Waals surface area contributed by atoms with Crippen molar-refractivity contribution in [1.29, 1.82) is 0 Å². The Kier molecular flexibility index (Phi) is 5.77. The quantitative estimate of drug-likeness (QED) is 0.843. The normalized spacial score (nSPS) is 18.3. The summed E-state index contributed by atoms with van der Waals surface area (Å²) in [6.45, 7) is 2.64. The molecule has 0 radical (unpaired) electrons. The highest BCUT2D eigenvalue weighted by Gasteiger charge is 2.25. The number of likely N-dealkylation sites (tertiary alicyclic amines) is 1. The zero-order valence-corrected chi connectivity index (χ0v) is 14.9. The van der Waals surface area contributed by atoms with E-state index >= 15 is 0 Å². The topological polar surface area (TPSA) is 32.3 Å². The summed E-state index contributed by atoms with van der Waals surface area (Å²) >= 11 is 11.9. The van der Waals surface area contributed by atoms with Gasteiger partial charge in [0.2, 0.25) is 5.91 Å². The molecule has 0 saturated carbocycles. The molecule has 0 aliphatic carbocycles. The van der Waals surface area contributed by atoms with E-state index in [-0.39, 0.29) is 11.8 Å². The third kappa shape index (κ3) is 4.73. The number of hydrogen-bond donors (Lipinski definition) is 1. The van der Waals surface area contributed by atoms with Crippen LogP contribution in [0.3, 0.4) is 0 Å². The average Bonchev–Trinajstić information content (AvgIpc) is 2.57. The first-order valence-corrected chi connectivity index (χ1v) is 8.89. The molecule has 126 valence electrons. The minimum atomic E-state index is 0.00466. The van der Waals surface area contributed by atoms with Gasteiger partial charge < -0.3 is 5.32 Å². The van der Waals surface area contributed by atoms with E-state index in [0.29, 0.717) is 5.02 Å². The Bertz CT molecular complexity index is 703.